The summed E-state index contributed by atoms with van der Waals surface area (Å²) in [7, 11) is 0. The van der Waals surface area contributed by atoms with E-state index in [2.05, 4.69) is 4.98 Å². The molecule has 15 heavy (non-hydrogen) atoms. The highest BCUT2D eigenvalue weighted by atomic mass is 16.5. The lowest BCUT2D eigenvalue weighted by atomic mass is 9.98. The summed E-state index contributed by atoms with van der Waals surface area (Å²) < 4.78 is 5.81. The van der Waals surface area contributed by atoms with Gasteiger partial charge >= 0.3 is 0 Å². The lowest BCUT2D eigenvalue weighted by Gasteiger charge is -2.22. The van der Waals surface area contributed by atoms with E-state index < -0.39 is 0 Å². The lowest BCUT2D eigenvalue weighted by molar-refractivity contribution is 0.154. The Hall–Kier alpha value is -1.09. The van der Waals surface area contributed by atoms with Gasteiger partial charge in [0.2, 0.25) is 0 Å². The van der Waals surface area contributed by atoms with Crippen LogP contribution in [0.25, 0.3) is 0 Å². The minimum atomic E-state index is -0.0102. The molecule has 1 aromatic rings. The number of hydrogen-bond donors (Lipinski definition) is 1. The number of hydrogen-bond acceptors (Lipinski definition) is 3. The standard InChI is InChI=1S/C12H17NO2/c14-9-10-6-7-12(8-13-10)15-11-4-2-1-3-5-11/h6-8,11,14H,1-5,9H2. The van der Waals surface area contributed by atoms with Gasteiger partial charge in [0, 0.05) is 0 Å². The topological polar surface area (TPSA) is 42.4 Å². The molecule has 3 heteroatoms. The largest absolute Gasteiger partial charge is 0.489 e. The zero-order chi connectivity index (χ0) is 10.5. The highest BCUT2D eigenvalue weighted by molar-refractivity contribution is 5.19. The summed E-state index contributed by atoms with van der Waals surface area (Å²) in [6.07, 6.45) is 8.24. The summed E-state index contributed by atoms with van der Waals surface area (Å²) in [4.78, 5) is 4.09. The van der Waals surface area contributed by atoms with E-state index in [0.29, 0.717) is 11.8 Å². The number of ether oxygens (including phenoxy) is 1. The van der Waals surface area contributed by atoms with Crippen LogP contribution in [0.4, 0.5) is 0 Å². The Labute approximate surface area is 90.1 Å². The highest BCUT2D eigenvalue weighted by Gasteiger charge is 2.14. The van der Waals surface area contributed by atoms with Gasteiger partial charge in [0.25, 0.3) is 0 Å². The quantitative estimate of drug-likeness (QED) is 0.826. The first kappa shape index (κ1) is 10.4. The van der Waals surface area contributed by atoms with Gasteiger partial charge in [-0.2, -0.15) is 0 Å². The van der Waals surface area contributed by atoms with Crippen LogP contribution in [0.3, 0.4) is 0 Å². The van der Waals surface area contributed by atoms with Gasteiger partial charge in [0.05, 0.1) is 24.6 Å². The molecule has 2 rings (SSSR count). The van der Waals surface area contributed by atoms with Crippen LogP contribution in [0, 0.1) is 0 Å². The SMILES string of the molecule is OCc1ccc(OC2CCCCC2)cn1. The maximum absolute atomic E-state index is 8.85. The van der Waals surface area contributed by atoms with Crippen molar-refractivity contribution in [1.82, 2.24) is 4.98 Å². The van der Waals surface area contributed by atoms with Crippen LogP contribution >= 0.6 is 0 Å². The molecule has 0 spiro atoms. The summed E-state index contributed by atoms with van der Waals surface area (Å²) in [6, 6.07) is 3.69. The molecule has 0 unspecified atom stereocenters. The molecule has 1 aromatic heterocycles. The predicted octanol–water partition coefficient (Wildman–Crippen LogP) is 2.29. The van der Waals surface area contributed by atoms with E-state index in [1.807, 2.05) is 6.07 Å². The fourth-order valence-electron chi connectivity index (χ4n) is 1.95. The molecule has 0 saturated heterocycles. The molecule has 0 radical (unpaired) electrons. The number of pyridine rings is 1. The number of nitrogens with zero attached hydrogens (tertiary/aromatic N) is 1. The van der Waals surface area contributed by atoms with E-state index in [1.54, 1.807) is 12.3 Å². The number of rotatable bonds is 3. The maximum atomic E-state index is 8.85. The average Bonchev–Trinajstić information content (AvgIpc) is 2.31. The Balaban J connectivity index is 1.91. The number of aromatic nitrogens is 1. The second-order valence-corrected chi connectivity index (χ2v) is 4.02. The van der Waals surface area contributed by atoms with E-state index >= 15 is 0 Å². The summed E-state index contributed by atoms with van der Waals surface area (Å²) in [5.74, 6) is 0.819. The van der Waals surface area contributed by atoms with E-state index in [9.17, 15) is 0 Å². The van der Waals surface area contributed by atoms with Crippen molar-refractivity contribution >= 4 is 0 Å². The van der Waals surface area contributed by atoms with Crippen molar-refractivity contribution in [3.05, 3.63) is 24.0 Å². The molecule has 1 aliphatic rings. The van der Waals surface area contributed by atoms with Crippen molar-refractivity contribution in [2.75, 3.05) is 0 Å². The molecule has 1 fully saturated rings. The second-order valence-electron chi connectivity index (χ2n) is 4.02. The van der Waals surface area contributed by atoms with Crippen molar-refractivity contribution in [1.29, 1.82) is 0 Å². The zero-order valence-electron chi connectivity index (χ0n) is 8.85. The number of aliphatic hydroxyl groups is 1. The van der Waals surface area contributed by atoms with Gasteiger partial charge in [-0.05, 0) is 37.8 Å². The first-order chi connectivity index (χ1) is 7.38. The molecule has 1 aliphatic carbocycles. The monoisotopic (exact) mass is 207 g/mol. The van der Waals surface area contributed by atoms with E-state index in [1.165, 1.54) is 19.3 Å². The smallest absolute Gasteiger partial charge is 0.138 e. The average molecular weight is 207 g/mol. The van der Waals surface area contributed by atoms with Gasteiger partial charge in [-0.15, -0.1) is 0 Å². The van der Waals surface area contributed by atoms with Crippen LogP contribution in [0.5, 0.6) is 5.75 Å². The molecule has 0 aromatic carbocycles. The van der Waals surface area contributed by atoms with Gasteiger partial charge in [-0.1, -0.05) is 6.42 Å². The third-order valence-electron chi connectivity index (χ3n) is 2.81. The molecular weight excluding hydrogens is 190 g/mol. The molecule has 1 heterocycles. The van der Waals surface area contributed by atoms with Crippen LogP contribution in [-0.4, -0.2) is 16.2 Å². The van der Waals surface area contributed by atoms with Crippen LogP contribution in [-0.2, 0) is 6.61 Å². The molecular formula is C12H17NO2. The normalized spacial score (nSPS) is 17.7. The maximum Gasteiger partial charge on any atom is 0.138 e. The Kier molecular flexibility index (Phi) is 3.56. The van der Waals surface area contributed by atoms with E-state index in [0.717, 1.165) is 18.6 Å². The highest BCUT2D eigenvalue weighted by Crippen LogP contribution is 2.22. The summed E-state index contributed by atoms with van der Waals surface area (Å²) in [5, 5.41) is 8.85. The van der Waals surface area contributed by atoms with Crippen molar-refractivity contribution in [2.45, 2.75) is 44.8 Å². The van der Waals surface area contributed by atoms with Crippen molar-refractivity contribution in [2.24, 2.45) is 0 Å². The van der Waals surface area contributed by atoms with E-state index in [-0.39, 0.29) is 6.61 Å². The molecule has 1 saturated carbocycles. The Morgan fingerprint density at radius 2 is 2.07 bits per heavy atom. The van der Waals surface area contributed by atoms with Crippen molar-refractivity contribution < 1.29 is 9.84 Å². The minimum Gasteiger partial charge on any atom is -0.489 e. The Morgan fingerprint density at radius 1 is 1.27 bits per heavy atom. The van der Waals surface area contributed by atoms with Gasteiger partial charge in [0.15, 0.2) is 0 Å². The molecule has 0 atom stereocenters. The summed E-state index contributed by atoms with van der Waals surface area (Å²) >= 11 is 0. The van der Waals surface area contributed by atoms with Gasteiger partial charge in [-0.3, -0.25) is 4.98 Å². The molecule has 1 N–H and O–H groups in total. The second kappa shape index (κ2) is 5.12. The van der Waals surface area contributed by atoms with Gasteiger partial charge < -0.3 is 9.84 Å². The lowest BCUT2D eigenvalue weighted by Crippen LogP contribution is -2.19. The number of aliphatic hydroxyl groups excluding tert-OH is 1. The molecule has 0 aliphatic heterocycles. The minimum absolute atomic E-state index is 0.0102. The molecule has 3 nitrogen and oxygen atoms in total. The van der Waals surface area contributed by atoms with Gasteiger partial charge in [0.1, 0.15) is 5.75 Å². The molecule has 0 bridgehead atoms. The Bertz CT molecular complexity index is 291. The summed E-state index contributed by atoms with van der Waals surface area (Å²) in [5.41, 5.74) is 0.686. The first-order valence-corrected chi connectivity index (χ1v) is 5.61. The fourth-order valence-corrected chi connectivity index (χ4v) is 1.95. The molecule has 82 valence electrons. The fraction of sp³-hybridized carbons (Fsp3) is 0.583. The summed E-state index contributed by atoms with van der Waals surface area (Å²) in [6.45, 7) is -0.0102. The first-order valence-electron chi connectivity index (χ1n) is 5.61. The third kappa shape index (κ3) is 2.93. The van der Waals surface area contributed by atoms with E-state index in [4.69, 9.17) is 9.84 Å². The van der Waals surface area contributed by atoms with Crippen molar-refractivity contribution in [3.63, 3.8) is 0 Å². The van der Waals surface area contributed by atoms with Crippen LogP contribution in [0.1, 0.15) is 37.8 Å². The predicted molar refractivity (Wildman–Crippen MR) is 57.7 cm³/mol. The van der Waals surface area contributed by atoms with Gasteiger partial charge in [-0.25, -0.2) is 0 Å². The third-order valence-corrected chi connectivity index (χ3v) is 2.81. The molecule has 0 amide bonds. The van der Waals surface area contributed by atoms with Crippen molar-refractivity contribution in [3.8, 4) is 5.75 Å². The van der Waals surface area contributed by atoms with Crippen LogP contribution in [0.2, 0.25) is 0 Å². The zero-order valence-corrected chi connectivity index (χ0v) is 8.85. The van der Waals surface area contributed by atoms with Crippen LogP contribution in [0.15, 0.2) is 18.3 Å². The Morgan fingerprint density at radius 3 is 2.67 bits per heavy atom. The van der Waals surface area contributed by atoms with Crippen LogP contribution < -0.4 is 4.74 Å².